The molecule has 102 valence electrons. The molecule has 1 aliphatic carbocycles. The Kier molecular flexibility index (Phi) is 4.33. The van der Waals surface area contributed by atoms with E-state index in [4.69, 9.17) is 5.73 Å². The monoisotopic (exact) mass is 277 g/mol. The molecule has 1 heterocycles. The van der Waals surface area contributed by atoms with Crippen LogP contribution < -0.4 is 5.73 Å². The average Bonchev–Trinajstić information content (AvgIpc) is 2.57. The van der Waals surface area contributed by atoms with Crippen molar-refractivity contribution in [3.8, 4) is 0 Å². The lowest BCUT2D eigenvalue weighted by atomic mass is 10.1. The Morgan fingerprint density at radius 1 is 1.22 bits per heavy atom. The van der Waals surface area contributed by atoms with Crippen LogP contribution in [0.1, 0.15) is 53.5 Å². The lowest BCUT2D eigenvalue weighted by molar-refractivity contribution is -0.136. The van der Waals surface area contributed by atoms with Gasteiger partial charge in [0, 0.05) is 22.2 Å². The summed E-state index contributed by atoms with van der Waals surface area (Å²) in [4.78, 5) is 2.26. The van der Waals surface area contributed by atoms with Crippen molar-refractivity contribution < 1.29 is 13.2 Å². The molecule has 0 aromatic carbocycles. The normalized spacial score (nSPS) is 18.2. The number of aryl methyl sites for hydroxylation is 2. The molecule has 2 rings (SSSR count). The van der Waals surface area contributed by atoms with Gasteiger partial charge in [0.25, 0.3) is 0 Å². The fourth-order valence-corrected chi connectivity index (χ4v) is 3.63. The zero-order chi connectivity index (χ0) is 13.2. The Balaban J connectivity index is 2.00. The number of hydrogen-bond donors (Lipinski definition) is 1. The van der Waals surface area contributed by atoms with Gasteiger partial charge in [0.05, 0.1) is 0 Å². The van der Waals surface area contributed by atoms with Crippen LogP contribution in [-0.4, -0.2) is 6.18 Å². The quantitative estimate of drug-likeness (QED) is 0.816. The summed E-state index contributed by atoms with van der Waals surface area (Å²) in [5, 5.41) is 0. The molecular formula is C13H18F3NS. The van der Waals surface area contributed by atoms with E-state index in [1.165, 1.54) is 29.7 Å². The highest BCUT2D eigenvalue weighted by molar-refractivity contribution is 7.12. The second-order valence-electron chi connectivity index (χ2n) is 4.92. The summed E-state index contributed by atoms with van der Waals surface area (Å²) >= 11 is 1.61. The van der Waals surface area contributed by atoms with E-state index in [0.29, 0.717) is 0 Å². The predicted molar refractivity (Wildman–Crippen MR) is 67.8 cm³/mol. The third-order valence-electron chi connectivity index (χ3n) is 3.37. The van der Waals surface area contributed by atoms with E-state index < -0.39 is 18.6 Å². The van der Waals surface area contributed by atoms with Crippen LogP contribution in [0.3, 0.4) is 0 Å². The minimum absolute atomic E-state index is 0.0110. The van der Waals surface area contributed by atoms with Crippen LogP contribution in [0.2, 0.25) is 0 Å². The molecule has 18 heavy (non-hydrogen) atoms. The average molecular weight is 277 g/mol. The number of alkyl halides is 3. The molecule has 0 amide bonds. The third kappa shape index (κ3) is 3.72. The second-order valence-corrected chi connectivity index (χ2v) is 6.09. The van der Waals surface area contributed by atoms with Crippen molar-refractivity contribution in [3.63, 3.8) is 0 Å². The van der Waals surface area contributed by atoms with E-state index >= 15 is 0 Å². The fraction of sp³-hybridized carbons (Fsp3) is 0.692. The van der Waals surface area contributed by atoms with Gasteiger partial charge in [-0.15, -0.1) is 11.3 Å². The third-order valence-corrected chi connectivity index (χ3v) is 4.74. The van der Waals surface area contributed by atoms with Crippen molar-refractivity contribution in [3.05, 3.63) is 21.4 Å². The summed E-state index contributed by atoms with van der Waals surface area (Å²) < 4.78 is 36.5. The summed E-state index contributed by atoms with van der Waals surface area (Å²) in [6.07, 6.45) is 0.817. The molecule has 5 heteroatoms. The topological polar surface area (TPSA) is 26.0 Å². The minimum Gasteiger partial charge on any atom is -0.323 e. The predicted octanol–water partition coefficient (Wildman–Crippen LogP) is 4.36. The molecular weight excluding hydrogens is 259 g/mol. The summed E-state index contributed by atoms with van der Waals surface area (Å²) in [5.41, 5.74) is 7.18. The molecule has 1 nitrogen and oxygen atoms in total. The summed E-state index contributed by atoms with van der Waals surface area (Å²) in [5.74, 6) is 0. The van der Waals surface area contributed by atoms with E-state index in [9.17, 15) is 13.2 Å². The van der Waals surface area contributed by atoms with Gasteiger partial charge in [0.2, 0.25) is 0 Å². The zero-order valence-electron chi connectivity index (χ0n) is 10.2. The second kappa shape index (κ2) is 5.61. The highest BCUT2D eigenvalue weighted by Crippen LogP contribution is 2.34. The van der Waals surface area contributed by atoms with Crippen LogP contribution in [0.25, 0.3) is 0 Å². The number of halogens is 3. The molecule has 0 spiro atoms. The van der Waals surface area contributed by atoms with E-state index in [0.717, 1.165) is 17.7 Å². The standard InChI is InChI=1S/C13H18F3NS/c14-13(15,16)7-6-10(17)12-8-9-4-2-1-3-5-11(9)18-12/h8,10H,1-7,17H2. The van der Waals surface area contributed by atoms with E-state index in [2.05, 4.69) is 0 Å². The fourth-order valence-electron chi connectivity index (χ4n) is 2.33. The van der Waals surface area contributed by atoms with Crippen molar-refractivity contribution in [2.75, 3.05) is 0 Å². The Morgan fingerprint density at radius 3 is 2.67 bits per heavy atom. The molecule has 0 radical (unpaired) electrons. The highest BCUT2D eigenvalue weighted by atomic mass is 32.1. The maximum absolute atomic E-state index is 12.2. The number of nitrogens with two attached hydrogens (primary N) is 1. The molecule has 0 saturated carbocycles. The van der Waals surface area contributed by atoms with Crippen LogP contribution in [-0.2, 0) is 12.8 Å². The van der Waals surface area contributed by atoms with Crippen LogP contribution in [0.15, 0.2) is 6.07 Å². The van der Waals surface area contributed by atoms with Gasteiger partial charge >= 0.3 is 6.18 Å². The summed E-state index contributed by atoms with van der Waals surface area (Å²) in [6.45, 7) is 0. The van der Waals surface area contributed by atoms with E-state index in [1.807, 2.05) is 6.07 Å². The van der Waals surface area contributed by atoms with Crippen molar-refractivity contribution in [2.24, 2.45) is 5.73 Å². The first kappa shape index (κ1) is 13.9. The zero-order valence-corrected chi connectivity index (χ0v) is 11.0. The molecule has 1 unspecified atom stereocenters. The van der Waals surface area contributed by atoms with Crippen molar-refractivity contribution in [2.45, 2.75) is 57.2 Å². The molecule has 0 bridgehead atoms. The number of hydrogen-bond acceptors (Lipinski definition) is 2. The largest absolute Gasteiger partial charge is 0.389 e. The van der Waals surface area contributed by atoms with Crippen molar-refractivity contribution in [1.29, 1.82) is 0 Å². The Bertz CT molecular complexity index is 374. The smallest absolute Gasteiger partial charge is 0.323 e. The Hall–Kier alpha value is -0.550. The first-order chi connectivity index (χ1) is 8.46. The van der Waals surface area contributed by atoms with Crippen LogP contribution in [0.4, 0.5) is 13.2 Å². The lowest BCUT2D eigenvalue weighted by Crippen LogP contribution is -2.14. The highest BCUT2D eigenvalue weighted by Gasteiger charge is 2.28. The van der Waals surface area contributed by atoms with E-state index in [-0.39, 0.29) is 6.42 Å². The summed E-state index contributed by atoms with van der Waals surface area (Å²) in [7, 11) is 0. The van der Waals surface area contributed by atoms with E-state index in [1.54, 1.807) is 11.3 Å². The van der Waals surface area contributed by atoms with Gasteiger partial charge in [-0.25, -0.2) is 0 Å². The molecule has 0 saturated heterocycles. The molecule has 1 aromatic rings. The Labute approximate surface area is 109 Å². The minimum atomic E-state index is -4.11. The maximum Gasteiger partial charge on any atom is 0.389 e. The molecule has 1 atom stereocenters. The molecule has 1 aliphatic rings. The van der Waals surface area contributed by atoms with Gasteiger partial charge in [0.1, 0.15) is 0 Å². The molecule has 2 N–H and O–H groups in total. The van der Waals surface area contributed by atoms with Crippen molar-refractivity contribution in [1.82, 2.24) is 0 Å². The van der Waals surface area contributed by atoms with Crippen LogP contribution in [0, 0.1) is 0 Å². The molecule has 0 aliphatic heterocycles. The maximum atomic E-state index is 12.2. The first-order valence-corrected chi connectivity index (χ1v) is 7.21. The van der Waals surface area contributed by atoms with Crippen LogP contribution in [0.5, 0.6) is 0 Å². The van der Waals surface area contributed by atoms with Gasteiger partial charge in [-0.2, -0.15) is 13.2 Å². The van der Waals surface area contributed by atoms with Gasteiger partial charge < -0.3 is 5.73 Å². The van der Waals surface area contributed by atoms with Gasteiger partial charge in [0.15, 0.2) is 0 Å². The molecule has 1 aromatic heterocycles. The number of thiophene rings is 1. The molecule has 0 fully saturated rings. The van der Waals surface area contributed by atoms with Gasteiger partial charge in [-0.1, -0.05) is 6.42 Å². The Morgan fingerprint density at radius 2 is 1.94 bits per heavy atom. The lowest BCUT2D eigenvalue weighted by Gasteiger charge is -2.11. The number of rotatable bonds is 3. The summed E-state index contributed by atoms with van der Waals surface area (Å²) in [6, 6.07) is 1.57. The number of fused-ring (bicyclic) bond motifs is 1. The van der Waals surface area contributed by atoms with Crippen LogP contribution >= 0.6 is 11.3 Å². The van der Waals surface area contributed by atoms with Gasteiger partial charge in [-0.05, 0) is 43.7 Å². The van der Waals surface area contributed by atoms with Crippen molar-refractivity contribution >= 4 is 11.3 Å². The first-order valence-electron chi connectivity index (χ1n) is 6.39. The SMILES string of the molecule is NC(CCC(F)(F)F)c1cc2c(s1)CCCCC2. The van der Waals surface area contributed by atoms with Gasteiger partial charge in [-0.3, -0.25) is 0 Å².